The number of H-pyrrole nitrogens is 1. The number of nitrogens with one attached hydrogen (secondary N) is 2. The van der Waals surface area contributed by atoms with Gasteiger partial charge in [0, 0.05) is 28.4 Å². The molecule has 2 N–H and O–H groups in total. The van der Waals surface area contributed by atoms with Crippen LogP contribution in [0.2, 0.25) is 0 Å². The lowest BCUT2D eigenvalue weighted by molar-refractivity contribution is -0.274. The van der Waals surface area contributed by atoms with Gasteiger partial charge in [-0.2, -0.15) is 0 Å². The molecule has 0 unspecified atom stereocenters. The van der Waals surface area contributed by atoms with E-state index in [0.717, 1.165) is 22.9 Å². The lowest BCUT2D eigenvalue weighted by Crippen LogP contribution is -2.17. The number of halogens is 3. The van der Waals surface area contributed by atoms with E-state index in [4.69, 9.17) is 0 Å². The number of hydrogen-bond acceptors (Lipinski definition) is 3. The second kappa shape index (κ2) is 6.50. The minimum absolute atomic E-state index is 0.0722. The summed E-state index contributed by atoms with van der Waals surface area (Å²) in [5.41, 5.74) is 3.74. The van der Waals surface area contributed by atoms with Crippen LogP contribution in [0.15, 0.2) is 60.3 Å². The lowest BCUT2D eigenvalue weighted by Gasteiger charge is -2.14. The number of aryl methyl sites for hydroxylation is 1. The molecule has 0 saturated carbocycles. The molecule has 0 atom stereocenters. The van der Waals surface area contributed by atoms with Crippen molar-refractivity contribution in [2.75, 3.05) is 5.32 Å². The Bertz CT molecular complexity index is 1030. The molecule has 0 fully saturated rings. The molecule has 0 radical (unpaired) electrons. The van der Waals surface area contributed by atoms with Crippen LogP contribution in [0.4, 0.5) is 18.9 Å². The Balaban J connectivity index is 1.51. The molecular weight excluding hydrogens is 357 g/mol. The number of carbonyl (C=O) groups excluding carboxylic acids is 1. The smallest absolute Gasteiger partial charge is 0.406 e. The number of aromatic nitrogens is 1. The average molecular weight is 372 g/mol. The maximum atomic E-state index is 12.7. The first-order valence-electron chi connectivity index (χ1n) is 8.36. The summed E-state index contributed by atoms with van der Waals surface area (Å²) in [6.07, 6.45) is -1.77. The SMILES string of the molecule is O=C1/C(=C\Nc2ccc(OC(F)(F)F)cc2)CCc2c1[nH]c1ccccc21. The van der Waals surface area contributed by atoms with E-state index in [1.54, 1.807) is 6.20 Å². The molecular formula is C20H15F3N2O2. The van der Waals surface area contributed by atoms with Gasteiger partial charge < -0.3 is 15.0 Å². The van der Waals surface area contributed by atoms with E-state index in [1.165, 1.54) is 24.3 Å². The van der Waals surface area contributed by atoms with Crippen LogP contribution in [0.25, 0.3) is 10.9 Å². The van der Waals surface area contributed by atoms with Gasteiger partial charge in [0.2, 0.25) is 5.78 Å². The van der Waals surface area contributed by atoms with Gasteiger partial charge in [0.05, 0.1) is 5.69 Å². The first-order chi connectivity index (χ1) is 12.9. The number of alkyl halides is 3. The Morgan fingerprint density at radius 1 is 1.04 bits per heavy atom. The van der Waals surface area contributed by atoms with Gasteiger partial charge >= 0.3 is 6.36 Å². The molecule has 4 nitrogen and oxygen atoms in total. The molecule has 138 valence electrons. The van der Waals surface area contributed by atoms with Gasteiger partial charge in [0.25, 0.3) is 0 Å². The second-order valence-electron chi connectivity index (χ2n) is 6.24. The zero-order chi connectivity index (χ0) is 19.0. The van der Waals surface area contributed by atoms with Gasteiger partial charge in [-0.05, 0) is 48.7 Å². The summed E-state index contributed by atoms with van der Waals surface area (Å²) in [5.74, 6) is -0.367. The summed E-state index contributed by atoms with van der Waals surface area (Å²) < 4.78 is 40.4. The number of Topliss-reactive ketones (excluding diaryl/α,β-unsaturated/α-hetero) is 1. The quantitative estimate of drug-likeness (QED) is 0.622. The third-order valence-electron chi connectivity index (χ3n) is 4.48. The van der Waals surface area contributed by atoms with Crippen molar-refractivity contribution in [3.63, 3.8) is 0 Å². The van der Waals surface area contributed by atoms with E-state index in [9.17, 15) is 18.0 Å². The zero-order valence-electron chi connectivity index (χ0n) is 14.1. The average Bonchev–Trinajstić information content (AvgIpc) is 3.01. The fraction of sp³-hybridized carbons (Fsp3) is 0.150. The monoisotopic (exact) mass is 372 g/mol. The third-order valence-corrected chi connectivity index (χ3v) is 4.48. The predicted molar refractivity (Wildman–Crippen MR) is 95.8 cm³/mol. The van der Waals surface area contributed by atoms with Crippen molar-refractivity contribution >= 4 is 22.4 Å². The molecule has 0 bridgehead atoms. The molecule has 0 saturated heterocycles. The van der Waals surface area contributed by atoms with Crippen molar-refractivity contribution in [2.24, 2.45) is 0 Å². The molecule has 0 spiro atoms. The van der Waals surface area contributed by atoms with Crippen LogP contribution in [0, 0.1) is 0 Å². The van der Waals surface area contributed by atoms with E-state index >= 15 is 0 Å². The summed E-state index contributed by atoms with van der Waals surface area (Å²) in [4.78, 5) is 15.9. The number of rotatable bonds is 3. The summed E-state index contributed by atoms with van der Waals surface area (Å²) >= 11 is 0. The van der Waals surface area contributed by atoms with Crippen molar-refractivity contribution in [3.8, 4) is 5.75 Å². The zero-order valence-corrected chi connectivity index (χ0v) is 14.1. The van der Waals surface area contributed by atoms with E-state index in [1.807, 2.05) is 24.3 Å². The molecule has 1 aliphatic rings. The molecule has 1 aliphatic carbocycles. The molecule has 4 rings (SSSR count). The highest BCUT2D eigenvalue weighted by Gasteiger charge is 2.31. The molecule has 27 heavy (non-hydrogen) atoms. The number of benzene rings is 2. The number of carbonyl (C=O) groups is 1. The summed E-state index contributed by atoms with van der Waals surface area (Å²) in [6.45, 7) is 0. The van der Waals surface area contributed by atoms with Crippen molar-refractivity contribution in [1.29, 1.82) is 0 Å². The highest BCUT2D eigenvalue weighted by molar-refractivity contribution is 6.13. The number of fused-ring (bicyclic) bond motifs is 3. The van der Waals surface area contributed by atoms with Crippen LogP contribution in [0.5, 0.6) is 5.75 Å². The molecule has 1 heterocycles. The van der Waals surface area contributed by atoms with E-state index in [0.29, 0.717) is 23.4 Å². The van der Waals surface area contributed by atoms with E-state index < -0.39 is 6.36 Å². The lowest BCUT2D eigenvalue weighted by atomic mass is 9.91. The van der Waals surface area contributed by atoms with Crippen LogP contribution in [0.1, 0.15) is 22.5 Å². The highest BCUT2D eigenvalue weighted by atomic mass is 19.4. The molecule has 0 amide bonds. The van der Waals surface area contributed by atoms with Crippen molar-refractivity contribution in [1.82, 2.24) is 4.98 Å². The normalized spacial score (nSPS) is 15.8. The van der Waals surface area contributed by atoms with Gasteiger partial charge in [-0.1, -0.05) is 18.2 Å². The molecule has 7 heteroatoms. The Hall–Kier alpha value is -3.22. The first-order valence-corrected chi connectivity index (χ1v) is 8.36. The molecule has 1 aromatic heterocycles. The van der Waals surface area contributed by atoms with Gasteiger partial charge in [-0.15, -0.1) is 13.2 Å². The third kappa shape index (κ3) is 3.53. The Morgan fingerprint density at radius 3 is 2.52 bits per heavy atom. The number of hydrogen-bond donors (Lipinski definition) is 2. The van der Waals surface area contributed by atoms with E-state index in [-0.39, 0.29) is 11.5 Å². The minimum atomic E-state index is -4.72. The maximum absolute atomic E-state index is 12.7. The van der Waals surface area contributed by atoms with Gasteiger partial charge in [0.15, 0.2) is 0 Å². The Kier molecular flexibility index (Phi) is 4.14. The van der Waals surface area contributed by atoms with Crippen molar-refractivity contribution in [2.45, 2.75) is 19.2 Å². The van der Waals surface area contributed by atoms with Crippen LogP contribution in [0.3, 0.4) is 0 Å². The van der Waals surface area contributed by atoms with Gasteiger partial charge in [-0.25, -0.2) is 0 Å². The number of para-hydroxylation sites is 1. The second-order valence-corrected chi connectivity index (χ2v) is 6.24. The van der Waals surface area contributed by atoms with Crippen molar-refractivity contribution < 1.29 is 22.7 Å². The van der Waals surface area contributed by atoms with E-state index in [2.05, 4.69) is 15.0 Å². The first kappa shape index (κ1) is 17.2. The summed E-state index contributed by atoms with van der Waals surface area (Å²) in [6, 6.07) is 13.1. The number of anilines is 1. The van der Waals surface area contributed by atoms with Gasteiger partial charge in [-0.3, -0.25) is 4.79 Å². The minimum Gasteiger partial charge on any atom is -0.406 e. The molecule has 0 aliphatic heterocycles. The van der Waals surface area contributed by atoms with Crippen LogP contribution in [-0.2, 0) is 6.42 Å². The van der Waals surface area contributed by atoms with Crippen LogP contribution < -0.4 is 10.1 Å². The summed E-state index contributed by atoms with van der Waals surface area (Å²) in [5, 5.41) is 4.03. The van der Waals surface area contributed by atoms with Crippen LogP contribution in [-0.4, -0.2) is 17.1 Å². The molecule has 3 aromatic rings. The highest BCUT2D eigenvalue weighted by Crippen LogP contribution is 2.31. The fourth-order valence-corrected chi connectivity index (χ4v) is 3.25. The Labute approximate surface area is 152 Å². The number of aromatic amines is 1. The Morgan fingerprint density at radius 2 is 1.78 bits per heavy atom. The van der Waals surface area contributed by atoms with Crippen molar-refractivity contribution in [3.05, 3.63) is 71.6 Å². The summed E-state index contributed by atoms with van der Waals surface area (Å²) in [7, 11) is 0. The number of ether oxygens (including phenoxy) is 1. The topological polar surface area (TPSA) is 54.1 Å². The molecule has 2 aromatic carbocycles. The van der Waals surface area contributed by atoms with Crippen LogP contribution >= 0.6 is 0 Å². The predicted octanol–water partition coefficient (Wildman–Crippen LogP) is 5.19. The fourth-order valence-electron chi connectivity index (χ4n) is 3.25. The standard InChI is InChI=1S/C20H15F3N2O2/c21-20(22,23)27-14-8-6-13(7-9-14)24-11-12-5-10-16-15-3-1-2-4-17(15)25-18(16)19(12)26/h1-4,6-9,11,24-25H,5,10H2/b12-11-. The number of ketones is 1. The maximum Gasteiger partial charge on any atom is 0.573 e. The number of allylic oxidation sites excluding steroid dienone is 1. The largest absolute Gasteiger partial charge is 0.573 e. The van der Waals surface area contributed by atoms with Gasteiger partial charge in [0.1, 0.15) is 5.75 Å².